The Morgan fingerprint density at radius 1 is 1.07 bits per heavy atom. The first-order valence-electron chi connectivity index (χ1n) is 9.26. The van der Waals surface area contributed by atoms with Gasteiger partial charge in [-0.2, -0.15) is 0 Å². The van der Waals surface area contributed by atoms with Crippen molar-refractivity contribution in [3.63, 3.8) is 0 Å². The zero-order valence-electron chi connectivity index (χ0n) is 16.4. The van der Waals surface area contributed by atoms with Crippen molar-refractivity contribution in [2.45, 2.75) is 20.4 Å². The lowest BCUT2D eigenvalue weighted by Crippen LogP contribution is -2.17. The Morgan fingerprint density at radius 3 is 2.63 bits per heavy atom. The van der Waals surface area contributed by atoms with Gasteiger partial charge in [0.25, 0.3) is 5.91 Å². The Hall–Kier alpha value is -3.23. The second-order valence-corrected chi connectivity index (χ2v) is 8.95. The molecule has 0 fully saturated rings. The number of aromatic nitrogens is 1. The highest BCUT2D eigenvalue weighted by atomic mass is 32.1. The molecule has 6 nitrogen and oxygen atoms in total. The molecule has 3 aromatic heterocycles. The molecule has 0 atom stereocenters. The fraction of sp³-hybridized carbons (Fsp3) is 0.136. The molecule has 0 aliphatic rings. The third-order valence-electron chi connectivity index (χ3n) is 4.38. The number of aryl methyl sites for hydroxylation is 1. The van der Waals surface area contributed by atoms with E-state index in [-0.39, 0.29) is 17.6 Å². The number of thiophene rings is 1. The molecule has 0 saturated carbocycles. The van der Waals surface area contributed by atoms with E-state index in [9.17, 15) is 9.59 Å². The van der Waals surface area contributed by atoms with Gasteiger partial charge in [0.05, 0.1) is 23.4 Å². The lowest BCUT2D eigenvalue weighted by Gasteiger charge is -2.02. The summed E-state index contributed by atoms with van der Waals surface area (Å²) in [6.45, 7) is 3.96. The van der Waals surface area contributed by atoms with E-state index in [0.29, 0.717) is 11.7 Å². The molecular formula is C22H19N3O3S2. The Balaban J connectivity index is 1.52. The van der Waals surface area contributed by atoms with Crippen molar-refractivity contribution >= 4 is 39.6 Å². The van der Waals surface area contributed by atoms with Gasteiger partial charge in [-0.15, -0.1) is 22.7 Å². The fourth-order valence-corrected chi connectivity index (χ4v) is 4.86. The number of benzene rings is 1. The summed E-state index contributed by atoms with van der Waals surface area (Å²) in [4.78, 5) is 31.6. The van der Waals surface area contributed by atoms with Crippen molar-refractivity contribution in [1.29, 1.82) is 0 Å². The second-order valence-electron chi connectivity index (χ2n) is 6.58. The van der Waals surface area contributed by atoms with Crippen LogP contribution in [0.25, 0.3) is 21.7 Å². The molecule has 3 heterocycles. The average Bonchev–Trinajstić information content (AvgIpc) is 3.46. The maximum atomic E-state index is 12.8. The van der Waals surface area contributed by atoms with E-state index in [1.165, 1.54) is 24.5 Å². The standard InChI is InChI=1S/C22H19N3O3S2/c1-13-19(18-9-8-16(30-18)12-23-14(2)26)24-22(29-13)25-21(27)20-17(10-11-28-20)15-6-4-3-5-7-15/h3-11H,12H2,1-2H3,(H,23,26)(H,24,25,27). The molecular weight excluding hydrogens is 418 g/mol. The summed E-state index contributed by atoms with van der Waals surface area (Å²) in [7, 11) is 0. The first kappa shape index (κ1) is 20.1. The summed E-state index contributed by atoms with van der Waals surface area (Å²) in [6.07, 6.45) is 1.51. The molecule has 30 heavy (non-hydrogen) atoms. The number of nitrogens with zero attached hydrogens (tertiary/aromatic N) is 1. The highest BCUT2D eigenvalue weighted by Crippen LogP contribution is 2.35. The van der Waals surface area contributed by atoms with Gasteiger partial charge in [0.15, 0.2) is 10.9 Å². The molecule has 0 bridgehead atoms. The van der Waals surface area contributed by atoms with Gasteiger partial charge < -0.3 is 9.73 Å². The highest BCUT2D eigenvalue weighted by molar-refractivity contribution is 7.18. The van der Waals surface area contributed by atoms with Crippen molar-refractivity contribution < 1.29 is 14.0 Å². The van der Waals surface area contributed by atoms with Gasteiger partial charge in [-0.05, 0) is 30.7 Å². The summed E-state index contributed by atoms with van der Waals surface area (Å²) < 4.78 is 5.46. The van der Waals surface area contributed by atoms with Crippen LogP contribution in [0.1, 0.15) is 27.2 Å². The number of thiazole rings is 1. The van der Waals surface area contributed by atoms with E-state index in [1.807, 2.05) is 49.4 Å². The summed E-state index contributed by atoms with van der Waals surface area (Å²) in [5.41, 5.74) is 2.48. The van der Waals surface area contributed by atoms with E-state index in [2.05, 4.69) is 15.6 Å². The number of carbonyl (C=O) groups excluding carboxylic acids is 2. The maximum Gasteiger partial charge on any atom is 0.293 e. The van der Waals surface area contributed by atoms with E-state index >= 15 is 0 Å². The number of rotatable bonds is 6. The molecule has 8 heteroatoms. The van der Waals surface area contributed by atoms with E-state index in [0.717, 1.165) is 31.5 Å². The van der Waals surface area contributed by atoms with Gasteiger partial charge in [0.1, 0.15) is 0 Å². The summed E-state index contributed by atoms with van der Waals surface area (Å²) >= 11 is 2.99. The first-order chi connectivity index (χ1) is 14.5. The SMILES string of the molecule is CC(=O)NCc1ccc(-c2nc(NC(=O)c3occc3-c3ccccc3)sc2C)s1. The zero-order chi connectivity index (χ0) is 21.1. The lowest BCUT2D eigenvalue weighted by molar-refractivity contribution is -0.119. The number of carbonyl (C=O) groups is 2. The van der Waals surface area contributed by atoms with Gasteiger partial charge in [-0.3, -0.25) is 14.9 Å². The average molecular weight is 438 g/mol. The first-order valence-corrected chi connectivity index (χ1v) is 10.9. The molecule has 0 radical (unpaired) electrons. The minimum absolute atomic E-state index is 0.0624. The van der Waals surface area contributed by atoms with E-state index < -0.39 is 0 Å². The largest absolute Gasteiger partial charge is 0.459 e. The molecule has 0 unspecified atom stereocenters. The third-order valence-corrected chi connectivity index (χ3v) is 6.36. The maximum absolute atomic E-state index is 12.8. The van der Waals surface area contributed by atoms with Crippen molar-refractivity contribution in [1.82, 2.24) is 10.3 Å². The van der Waals surface area contributed by atoms with Gasteiger partial charge in [-0.1, -0.05) is 30.3 Å². The van der Waals surface area contributed by atoms with Gasteiger partial charge in [-0.25, -0.2) is 4.98 Å². The lowest BCUT2D eigenvalue weighted by atomic mass is 10.1. The topological polar surface area (TPSA) is 84.2 Å². The van der Waals surface area contributed by atoms with Gasteiger partial charge >= 0.3 is 0 Å². The van der Waals surface area contributed by atoms with Crippen LogP contribution in [-0.4, -0.2) is 16.8 Å². The summed E-state index contributed by atoms with van der Waals surface area (Å²) in [6, 6.07) is 15.4. The summed E-state index contributed by atoms with van der Waals surface area (Å²) in [5.74, 6) is -0.145. The fourth-order valence-electron chi connectivity index (χ4n) is 2.97. The number of hydrogen-bond acceptors (Lipinski definition) is 6. The third kappa shape index (κ3) is 4.34. The number of hydrogen-bond donors (Lipinski definition) is 2. The number of anilines is 1. The molecule has 0 spiro atoms. The van der Waals surface area contributed by atoms with E-state index in [4.69, 9.17) is 4.42 Å². The number of furan rings is 1. The Bertz CT molecular complexity index is 1190. The Morgan fingerprint density at radius 2 is 1.87 bits per heavy atom. The smallest absolute Gasteiger partial charge is 0.293 e. The highest BCUT2D eigenvalue weighted by Gasteiger charge is 2.19. The van der Waals surface area contributed by atoms with Crippen molar-refractivity contribution in [3.8, 4) is 21.7 Å². The number of amides is 2. The Labute approximate surface area is 181 Å². The zero-order valence-corrected chi connectivity index (χ0v) is 18.0. The van der Waals surface area contributed by atoms with Crippen LogP contribution in [0.2, 0.25) is 0 Å². The van der Waals surface area contributed by atoms with Crippen LogP contribution in [0.4, 0.5) is 5.13 Å². The van der Waals surface area contributed by atoms with Crippen LogP contribution in [0.5, 0.6) is 0 Å². The molecule has 0 aliphatic carbocycles. The predicted octanol–water partition coefficient (Wildman–Crippen LogP) is 5.33. The Kier molecular flexibility index (Phi) is 5.78. The molecule has 0 saturated heterocycles. The molecule has 0 aliphatic heterocycles. The monoisotopic (exact) mass is 437 g/mol. The van der Waals surface area contributed by atoms with Crippen LogP contribution >= 0.6 is 22.7 Å². The summed E-state index contributed by atoms with van der Waals surface area (Å²) in [5, 5.41) is 6.16. The van der Waals surface area contributed by atoms with Crippen LogP contribution in [-0.2, 0) is 11.3 Å². The van der Waals surface area contributed by atoms with Crippen LogP contribution in [0.15, 0.2) is 59.2 Å². The second kappa shape index (κ2) is 8.64. The van der Waals surface area contributed by atoms with Crippen molar-refractivity contribution in [2.24, 2.45) is 0 Å². The quantitative estimate of drug-likeness (QED) is 0.427. The normalized spacial score (nSPS) is 10.7. The molecule has 2 amide bonds. The minimum Gasteiger partial charge on any atom is -0.459 e. The van der Waals surface area contributed by atoms with Gasteiger partial charge in [0, 0.05) is 22.2 Å². The molecule has 2 N–H and O–H groups in total. The van der Waals surface area contributed by atoms with Gasteiger partial charge in [0.2, 0.25) is 5.91 Å². The van der Waals surface area contributed by atoms with Crippen molar-refractivity contribution in [3.05, 3.63) is 70.3 Å². The van der Waals surface area contributed by atoms with Crippen LogP contribution in [0, 0.1) is 6.92 Å². The predicted molar refractivity (Wildman–Crippen MR) is 120 cm³/mol. The van der Waals surface area contributed by atoms with Crippen molar-refractivity contribution in [2.75, 3.05) is 5.32 Å². The minimum atomic E-state index is -0.336. The molecule has 152 valence electrons. The number of nitrogens with one attached hydrogen (secondary N) is 2. The molecule has 1 aromatic carbocycles. The van der Waals surface area contributed by atoms with E-state index in [1.54, 1.807) is 17.4 Å². The molecule has 4 aromatic rings. The molecule has 4 rings (SSSR count). The van der Waals surface area contributed by atoms with Crippen LogP contribution < -0.4 is 10.6 Å². The van der Waals surface area contributed by atoms with Crippen LogP contribution in [0.3, 0.4) is 0 Å².